The normalized spacial score (nSPS) is 46.5. The predicted octanol–water partition coefficient (Wildman–Crippen LogP) is 5.96. The molecular weight excluding hydrogens is 562 g/mol. The Morgan fingerprint density at radius 3 is 2.30 bits per heavy atom. The first-order valence-corrected chi connectivity index (χ1v) is 16.4. The summed E-state index contributed by atoms with van der Waals surface area (Å²) in [5.74, 6) is -1.89. The van der Waals surface area contributed by atoms with Gasteiger partial charge in [0.1, 0.15) is 0 Å². The van der Waals surface area contributed by atoms with Crippen molar-refractivity contribution in [3.63, 3.8) is 0 Å². The van der Waals surface area contributed by atoms with Crippen LogP contribution in [-0.2, 0) is 25.7 Å². The van der Waals surface area contributed by atoms with Gasteiger partial charge in [-0.05, 0) is 118 Å². The van der Waals surface area contributed by atoms with Crippen molar-refractivity contribution in [3.8, 4) is 0 Å². The van der Waals surface area contributed by atoms with Crippen LogP contribution in [0.1, 0.15) is 111 Å². The van der Waals surface area contributed by atoms with Gasteiger partial charge in [-0.15, -0.1) is 0 Å². The average Bonchev–Trinajstić information content (AvgIpc) is 3.27. The minimum Gasteiger partial charge on any atom is -0.481 e. The highest BCUT2D eigenvalue weighted by atomic mass is 16.6. The van der Waals surface area contributed by atoms with Crippen LogP contribution in [0.3, 0.4) is 0 Å². The van der Waals surface area contributed by atoms with Gasteiger partial charge >= 0.3 is 17.8 Å². The summed E-state index contributed by atoms with van der Waals surface area (Å²) in [5, 5.41) is 10.2. The van der Waals surface area contributed by atoms with Gasteiger partial charge < -0.3 is 24.4 Å². The molecule has 0 spiro atoms. The average molecular weight is 612 g/mol. The van der Waals surface area contributed by atoms with Crippen LogP contribution in [-0.4, -0.2) is 28.9 Å². The molecule has 0 aromatic carbocycles. The number of hydrogen-bond acceptors (Lipinski definition) is 8. The SMILES string of the molecule is Cc1oc(=O)oc1COC(=O)[C@@]1(C)[C@@H]2CC[C@]3(C)[C@H](C(=O)C=C4[C@@H]5C[C@@](C)(C(=O)O)CC[C@]5(C)CC[C@]43C)[C@@]2(C)CC[C@@H]1N. The van der Waals surface area contributed by atoms with E-state index in [1.54, 1.807) is 6.92 Å². The van der Waals surface area contributed by atoms with Crippen LogP contribution in [0.2, 0.25) is 0 Å². The number of carbonyl (C=O) groups excluding carboxylic acids is 2. The summed E-state index contributed by atoms with van der Waals surface area (Å²) in [7, 11) is 0. The van der Waals surface area contributed by atoms with Crippen molar-refractivity contribution in [2.24, 2.45) is 56.0 Å². The lowest BCUT2D eigenvalue weighted by molar-refractivity contribution is -0.203. The number of hydrogen-bond donors (Lipinski definition) is 2. The molecule has 0 amide bonds. The molecule has 44 heavy (non-hydrogen) atoms. The Balaban J connectivity index is 1.37. The molecule has 0 bridgehead atoms. The second-order valence-corrected chi connectivity index (χ2v) is 16.5. The number of carboxylic acid groups (broad SMARTS) is 1. The highest BCUT2D eigenvalue weighted by molar-refractivity contribution is 5.96. The summed E-state index contributed by atoms with van der Waals surface area (Å²) in [4.78, 5) is 52.4. The summed E-state index contributed by atoms with van der Waals surface area (Å²) < 4.78 is 15.8. The van der Waals surface area contributed by atoms with Gasteiger partial charge in [0.25, 0.3) is 0 Å². The molecule has 0 aliphatic heterocycles. The van der Waals surface area contributed by atoms with E-state index in [0.717, 1.165) is 44.1 Å². The van der Waals surface area contributed by atoms with Gasteiger partial charge in [-0.25, -0.2) is 4.79 Å². The number of carbonyl (C=O) groups is 3. The summed E-state index contributed by atoms with van der Waals surface area (Å²) >= 11 is 0. The molecule has 9 heteroatoms. The number of carboxylic acids is 1. The molecule has 0 saturated heterocycles. The van der Waals surface area contributed by atoms with Gasteiger partial charge in [0.05, 0.1) is 10.8 Å². The molecule has 5 aliphatic carbocycles. The number of rotatable bonds is 4. The van der Waals surface area contributed by atoms with E-state index in [0.29, 0.717) is 19.3 Å². The Morgan fingerprint density at radius 1 is 0.977 bits per heavy atom. The summed E-state index contributed by atoms with van der Waals surface area (Å²) in [6.45, 7) is 14.2. The van der Waals surface area contributed by atoms with E-state index in [1.807, 2.05) is 19.9 Å². The van der Waals surface area contributed by atoms with Crippen LogP contribution in [0.5, 0.6) is 0 Å². The minimum atomic E-state index is -1.03. The molecule has 1 aromatic rings. The molecule has 9 nitrogen and oxygen atoms in total. The molecule has 0 radical (unpaired) electrons. The zero-order valence-corrected chi connectivity index (χ0v) is 27.3. The van der Waals surface area contributed by atoms with Crippen molar-refractivity contribution in [1.82, 2.24) is 0 Å². The molecule has 6 rings (SSSR count). The highest BCUT2D eigenvalue weighted by Gasteiger charge is 2.71. The van der Waals surface area contributed by atoms with Gasteiger partial charge in [-0.2, -0.15) is 0 Å². The minimum absolute atomic E-state index is 0.0166. The molecule has 1 aromatic heterocycles. The second kappa shape index (κ2) is 9.66. The molecule has 4 saturated carbocycles. The third kappa shape index (κ3) is 3.99. The van der Waals surface area contributed by atoms with Crippen molar-refractivity contribution >= 4 is 17.7 Å². The smallest absolute Gasteiger partial charge is 0.481 e. The number of ketones is 1. The number of fused-ring (bicyclic) bond motifs is 7. The summed E-state index contributed by atoms with van der Waals surface area (Å²) in [6, 6.07) is -0.443. The lowest BCUT2D eigenvalue weighted by Gasteiger charge is -2.70. The Labute approximate surface area is 259 Å². The van der Waals surface area contributed by atoms with E-state index in [1.165, 1.54) is 0 Å². The number of aliphatic carboxylic acids is 1. The third-order valence-electron chi connectivity index (χ3n) is 14.5. The van der Waals surface area contributed by atoms with E-state index in [9.17, 15) is 24.3 Å². The molecule has 3 N–H and O–H groups in total. The van der Waals surface area contributed by atoms with Gasteiger partial charge in [-0.1, -0.05) is 33.3 Å². The maximum Gasteiger partial charge on any atom is 0.519 e. The van der Waals surface area contributed by atoms with Gasteiger partial charge in [0.15, 0.2) is 23.9 Å². The monoisotopic (exact) mass is 611 g/mol. The lowest BCUT2D eigenvalue weighted by atomic mass is 9.33. The van der Waals surface area contributed by atoms with Crippen molar-refractivity contribution in [3.05, 3.63) is 33.8 Å². The Morgan fingerprint density at radius 2 is 1.66 bits per heavy atom. The van der Waals surface area contributed by atoms with Gasteiger partial charge in [-0.3, -0.25) is 14.4 Å². The van der Waals surface area contributed by atoms with Crippen molar-refractivity contribution in [2.45, 2.75) is 119 Å². The zero-order valence-electron chi connectivity index (χ0n) is 27.3. The number of nitrogens with two attached hydrogens (primary N) is 1. The second-order valence-electron chi connectivity index (χ2n) is 16.5. The van der Waals surface area contributed by atoms with Gasteiger partial charge in [0, 0.05) is 12.0 Å². The molecule has 4 fully saturated rings. The zero-order chi connectivity index (χ0) is 32.3. The quantitative estimate of drug-likeness (QED) is 0.393. The fraction of sp³-hybridized carbons (Fsp3) is 0.771. The van der Waals surface area contributed by atoms with Crippen LogP contribution in [0.25, 0.3) is 0 Å². The molecule has 10 atom stereocenters. The third-order valence-corrected chi connectivity index (χ3v) is 14.5. The molecule has 1 heterocycles. The molecular formula is C35H49NO8. The fourth-order valence-corrected chi connectivity index (χ4v) is 11.2. The van der Waals surface area contributed by atoms with E-state index in [2.05, 4.69) is 27.7 Å². The predicted molar refractivity (Wildman–Crippen MR) is 161 cm³/mol. The maximum atomic E-state index is 14.6. The van der Waals surface area contributed by atoms with Crippen molar-refractivity contribution in [2.75, 3.05) is 0 Å². The number of allylic oxidation sites excluding steroid dienone is 2. The van der Waals surface area contributed by atoms with Crippen molar-refractivity contribution < 1.29 is 33.1 Å². The topological polar surface area (TPSA) is 150 Å². The van der Waals surface area contributed by atoms with E-state index >= 15 is 0 Å². The van der Waals surface area contributed by atoms with E-state index < -0.39 is 40.0 Å². The van der Waals surface area contributed by atoms with Crippen LogP contribution in [0, 0.1) is 57.2 Å². The molecule has 5 aliphatic rings. The first-order chi connectivity index (χ1) is 20.4. The number of esters is 1. The van der Waals surface area contributed by atoms with Crippen LogP contribution >= 0.6 is 0 Å². The van der Waals surface area contributed by atoms with Gasteiger partial charge in [0.2, 0.25) is 0 Å². The largest absolute Gasteiger partial charge is 0.519 e. The molecule has 242 valence electrons. The number of ether oxygens (including phenoxy) is 1. The standard InChI is InChI=1S/C35H49NO8/c1-19-23(44-29(41)43-19)18-42-28(40)35(7)24-8-11-34(6)26(32(24,4)10-9-25(35)36)22(37)16-20-21-17-31(3,27(38)39)13-12-30(21,2)14-15-33(20,34)5/h16,21,24-26H,8-15,17-18,36H2,1-7H3,(H,38,39)/t21-,24+,25-,26+,30+,31-,32-,33+,34+,35-/m0/s1. The number of aryl methyl sites for hydroxylation is 1. The summed E-state index contributed by atoms with van der Waals surface area (Å²) in [5.41, 5.74) is 4.98. The van der Waals surface area contributed by atoms with Crippen LogP contribution in [0.4, 0.5) is 0 Å². The lowest BCUT2D eigenvalue weighted by Crippen LogP contribution is -2.69. The van der Waals surface area contributed by atoms with Crippen molar-refractivity contribution in [1.29, 1.82) is 0 Å². The maximum absolute atomic E-state index is 14.6. The molecule has 0 unspecified atom stereocenters. The Bertz CT molecular complexity index is 1510. The van der Waals surface area contributed by atoms with E-state index in [4.69, 9.17) is 19.3 Å². The Kier molecular flexibility index (Phi) is 6.88. The summed E-state index contributed by atoms with van der Waals surface area (Å²) in [6.07, 6.45) is 8.78. The highest BCUT2D eigenvalue weighted by Crippen LogP contribution is 2.75. The van der Waals surface area contributed by atoms with Crippen LogP contribution < -0.4 is 11.6 Å². The first-order valence-electron chi connectivity index (χ1n) is 16.4. The van der Waals surface area contributed by atoms with E-state index in [-0.39, 0.29) is 57.9 Å². The fourth-order valence-electron chi connectivity index (χ4n) is 11.2. The first kappa shape index (κ1) is 31.3. The Hall–Kier alpha value is -2.68. The van der Waals surface area contributed by atoms with Crippen LogP contribution in [0.15, 0.2) is 25.3 Å².